The molecule has 2 fully saturated rings. The largest absolute Gasteiger partial charge is 0.478 e. The molecule has 3 heterocycles. The highest BCUT2D eigenvalue weighted by Gasteiger charge is 2.42. The van der Waals surface area contributed by atoms with Crippen LogP contribution in [-0.4, -0.2) is 48.0 Å². The third-order valence-electron chi connectivity index (χ3n) is 3.86. The number of rotatable bonds is 4. The van der Waals surface area contributed by atoms with Crippen LogP contribution >= 0.6 is 0 Å². The number of aromatic nitrogens is 2. The van der Waals surface area contributed by atoms with Gasteiger partial charge in [-0.1, -0.05) is 0 Å². The van der Waals surface area contributed by atoms with Crippen LogP contribution in [0.3, 0.4) is 0 Å². The molecule has 1 N–H and O–H groups in total. The van der Waals surface area contributed by atoms with Crippen molar-refractivity contribution >= 4 is 0 Å². The van der Waals surface area contributed by atoms with Crippen molar-refractivity contribution < 1.29 is 14.2 Å². The molecular formula is C14H21N3O3. The zero-order valence-electron chi connectivity index (χ0n) is 11.8. The third-order valence-corrected chi connectivity index (χ3v) is 3.86. The fourth-order valence-electron chi connectivity index (χ4n) is 2.87. The lowest BCUT2D eigenvalue weighted by molar-refractivity contribution is -0.0206. The molecular weight excluding hydrogens is 258 g/mol. The smallest absolute Gasteiger partial charge is 0.320 e. The average molecular weight is 279 g/mol. The van der Waals surface area contributed by atoms with Crippen LogP contribution in [0.2, 0.25) is 0 Å². The molecule has 0 amide bonds. The lowest BCUT2D eigenvalue weighted by atomic mass is 9.89. The first-order valence-corrected chi connectivity index (χ1v) is 7.27. The minimum atomic E-state index is -0.00650. The molecule has 0 bridgehead atoms. The number of ether oxygens (including phenoxy) is 3. The van der Waals surface area contributed by atoms with Gasteiger partial charge in [0.25, 0.3) is 0 Å². The minimum Gasteiger partial charge on any atom is -0.478 e. The molecule has 6 heteroatoms. The summed E-state index contributed by atoms with van der Waals surface area (Å²) in [4.78, 5) is 8.37. The Labute approximate surface area is 118 Å². The summed E-state index contributed by atoms with van der Waals surface area (Å²) >= 11 is 0. The summed E-state index contributed by atoms with van der Waals surface area (Å²) in [6, 6.07) is 2.10. The van der Waals surface area contributed by atoms with Crippen molar-refractivity contribution in [1.29, 1.82) is 0 Å². The lowest BCUT2D eigenvalue weighted by Gasteiger charge is -2.32. The maximum atomic E-state index is 5.99. The minimum absolute atomic E-state index is 0.00650. The van der Waals surface area contributed by atoms with Gasteiger partial charge in [-0.05, 0) is 32.9 Å². The van der Waals surface area contributed by atoms with E-state index in [1.165, 1.54) is 0 Å². The van der Waals surface area contributed by atoms with E-state index in [2.05, 4.69) is 15.3 Å². The van der Waals surface area contributed by atoms with Crippen LogP contribution in [0.1, 0.15) is 26.2 Å². The summed E-state index contributed by atoms with van der Waals surface area (Å²) in [5.41, 5.74) is -0.00650. The van der Waals surface area contributed by atoms with E-state index in [1.54, 1.807) is 12.3 Å². The van der Waals surface area contributed by atoms with Crippen molar-refractivity contribution in [3.05, 3.63) is 12.3 Å². The standard InChI is InChI=1S/C14H21N3O3/c1-2-18-12-3-6-16-13(17-12)20-11-9-14(19-10-11)4-7-15-8-5-14/h3,6,11,15H,2,4-5,7-10H2,1H3. The first-order valence-electron chi connectivity index (χ1n) is 7.27. The fraction of sp³-hybridized carbons (Fsp3) is 0.714. The monoisotopic (exact) mass is 279 g/mol. The summed E-state index contributed by atoms with van der Waals surface area (Å²) in [5, 5.41) is 3.36. The molecule has 20 heavy (non-hydrogen) atoms. The van der Waals surface area contributed by atoms with Crippen LogP contribution < -0.4 is 14.8 Å². The molecule has 1 aromatic heterocycles. The van der Waals surface area contributed by atoms with Gasteiger partial charge in [-0.2, -0.15) is 4.98 Å². The molecule has 2 aliphatic heterocycles. The van der Waals surface area contributed by atoms with Gasteiger partial charge in [0.2, 0.25) is 5.88 Å². The van der Waals surface area contributed by atoms with Crippen molar-refractivity contribution in [2.75, 3.05) is 26.3 Å². The zero-order chi connectivity index (χ0) is 13.8. The maximum absolute atomic E-state index is 5.99. The number of nitrogens with one attached hydrogen (secondary N) is 1. The summed E-state index contributed by atoms with van der Waals surface area (Å²) in [7, 11) is 0. The molecule has 1 unspecified atom stereocenters. The molecule has 0 aromatic carbocycles. The van der Waals surface area contributed by atoms with Crippen molar-refractivity contribution in [2.24, 2.45) is 0 Å². The first-order chi connectivity index (χ1) is 9.80. The number of hydrogen-bond donors (Lipinski definition) is 1. The van der Waals surface area contributed by atoms with Crippen LogP contribution in [0, 0.1) is 0 Å². The van der Waals surface area contributed by atoms with Gasteiger partial charge >= 0.3 is 6.01 Å². The molecule has 0 radical (unpaired) electrons. The van der Waals surface area contributed by atoms with E-state index in [4.69, 9.17) is 14.2 Å². The summed E-state index contributed by atoms with van der Waals surface area (Å²) < 4.78 is 17.2. The Morgan fingerprint density at radius 3 is 3.10 bits per heavy atom. The molecule has 1 atom stereocenters. The van der Waals surface area contributed by atoms with Gasteiger partial charge < -0.3 is 19.5 Å². The topological polar surface area (TPSA) is 65.5 Å². The van der Waals surface area contributed by atoms with Crippen molar-refractivity contribution in [3.63, 3.8) is 0 Å². The Balaban J connectivity index is 1.60. The highest BCUT2D eigenvalue weighted by molar-refractivity contribution is 5.11. The van der Waals surface area contributed by atoms with E-state index < -0.39 is 0 Å². The van der Waals surface area contributed by atoms with E-state index >= 15 is 0 Å². The quantitative estimate of drug-likeness (QED) is 0.892. The van der Waals surface area contributed by atoms with Crippen molar-refractivity contribution in [1.82, 2.24) is 15.3 Å². The van der Waals surface area contributed by atoms with Gasteiger partial charge in [0.15, 0.2) is 0 Å². The second-order valence-corrected chi connectivity index (χ2v) is 5.30. The molecule has 1 spiro atoms. The Kier molecular flexibility index (Phi) is 4.03. The lowest BCUT2D eigenvalue weighted by Crippen LogP contribution is -2.41. The Bertz CT molecular complexity index is 449. The predicted molar refractivity (Wildman–Crippen MR) is 73.0 cm³/mol. The van der Waals surface area contributed by atoms with Gasteiger partial charge in [-0.15, -0.1) is 0 Å². The fourth-order valence-corrected chi connectivity index (χ4v) is 2.87. The Hall–Kier alpha value is -1.40. The average Bonchev–Trinajstić information content (AvgIpc) is 2.83. The Morgan fingerprint density at radius 2 is 2.30 bits per heavy atom. The van der Waals surface area contributed by atoms with Gasteiger partial charge in [-0.25, -0.2) is 4.98 Å². The first kappa shape index (κ1) is 13.6. The second-order valence-electron chi connectivity index (χ2n) is 5.30. The third kappa shape index (κ3) is 3.02. The van der Waals surface area contributed by atoms with E-state index in [0.29, 0.717) is 25.1 Å². The second kappa shape index (κ2) is 5.93. The maximum Gasteiger partial charge on any atom is 0.320 e. The summed E-state index contributed by atoms with van der Waals surface area (Å²) in [6.07, 6.45) is 4.70. The van der Waals surface area contributed by atoms with Crippen LogP contribution in [0.25, 0.3) is 0 Å². The van der Waals surface area contributed by atoms with E-state index in [9.17, 15) is 0 Å². The molecule has 2 aliphatic rings. The van der Waals surface area contributed by atoms with E-state index in [0.717, 1.165) is 32.4 Å². The molecule has 2 saturated heterocycles. The molecule has 3 rings (SSSR count). The van der Waals surface area contributed by atoms with Crippen molar-refractivity contribution in [2.45, 2.75) is 37.9 Å². The van der Waals surface area contributed by atoms with Crippen LogP contribution in [0.5, 0.6) is 11.9 Å². The van der Waals surface area contributed by atoms with Crippen LogP contribution in [0.15, 0.2) is 12.3 Å². The summed E-state index contributed by atoms with van der Waals surface area (Å²) in [6.45, 7) is 5.15. The number of nitrogens with zero attached hydrogens (tertiary/aromatic N) is 2. The molecule has 0 saturated carbocycles. The molecule has 1 aromatic rings. The van der Waals surface area contributed by atoms with E-state index in [-0.39, 0.29) is 11.7 Å². The number of piperidine rings is 1. The predicted octanol–water partition coefficient (Wildman–Crippen LogP) is 1.17. The van der Waals surface area contributed by atoms with E-state index in [1.807, 2.05) is 6.92 Å². The molecule has 0 aliphatic carbocycles. The highest BCUT2D eigenvalue weighted by Crippen LogP contribution is 2.35. The molecule has 6 nitrogen and oxygen atoms in total. The SMILES string of the molecule is CCOc1ccnc(OC2COC3(CCNCC3)C2)n1. The normalized spacial score (nSPS) is 24.8. The van der Waals surface area contributed by atoms with Crippen LogP contribution in [-0.2, 0) is 4.74 Å². The van der Waals surface area contributed by atoms with Gasteiger partial charge in [-0.3, -0.25) is 0 Å². The van der Waals surface area contributed by atoms with Gasteiger partial charge in [0.05, 0.1) is 18.8 Å². The van der Waals surface area contributed by atoms with Crippen molar-refractivity contribution in [3.8, 4) is 11.9 Å². The highest BCUT2D eigenvalue weighted by atomic mass is 16.6. The van der Waals surface area contributed by atoms with Gasteiger partial charge in [0, 0.05) is 18.7 Å². The molecule has 110 valence electrons. The van der Waals surface area contributed by atoms with Crippen LogP contribution in [0.4, 0.5) is 0 Å². The summed E-state index contributed by atoms with van der Waals surface area (Å²) in [5.74, 6) is 0.549. The van der Waals surface area contributed by atoms with Gasteiger partial charge in [0.1, 0.15) is 6.10 Å². The zero-order valence-corrected chi connectivity index (χ0v) is 11.8. The number of hydrogen-bond acceptors (Lipinski definition) is 6. The Morgan fingerprint density at radius 1 is 1.45 bits per heavy atom.